The van der Waals surface area contributed by atoms with Gasteiger partial charge in [-0.1, -0.05) is 27.7 Å². The van der Waals surface area contributed by atoms with Gasteiger partial charge in [-0.25, -0.2) is 9.59 Å². The van der Waals surface area contributed by atoms with Gasteiger partial charge in [-0.2, -0.15) is 13.2 Å². The molecule has 0 aliphatic rings. The molecule has 134 valence electrons. The second-order valence-electron chi connectivity index (χ2n) is 6.21. The molecule has 0 saturated carbocycles. The number of hydrogen-bond donors (Lipinski definition) is 0. The van der Waals surface area contributed by atoms with Gasteiger partial charge in [0.1, 0.15) is 0 Å². The van der Waals surface area contributed by atoms with E-state index < -0.39 is 49.8 Å². The highest BCUT2D eigenvalue weighted by Crippen LogP contribution is 2.24. The predicted molar refractivity (Wildman–Crippen MR) is 72.2 cm³/mol. The number of carbonyl (C=O) groups excluding carboxylic acids is 3. The minimum atomic E-state index is -4.65. The zero-order valence-corrected chi connectivity index (χ0v) is 13.5. The largest absolute Gasteiger partial charge is 0.454 e. The van der Waals surface area contributed by atoms with Crippen LogP contribution in [0.1, 0.15) is 34.1 Å². The lowest BCUT2D eigenvalue weighted by atomic mass is 9.85. The van der Waals surface area contributed by atoms with E-state index >= 15 is 0 Å². The summed E-state index contributed by atoms with van der Waals surface area (Å²) in [6.45, 7) is 4.01. The molecule has 0 fully saturated rings. The molecule has 0 aliphatic heterocycles. The molecule has 0 heterocycles. The van der Waals surface area contributed by atoms with E-state index in [1.165, 1.54) is 0 Å². The number of halogens is 3. The molecule has 0 saturated heterocycles. The number of hydrogen-bond acceptors (Lipinski definition) is 6. The topological polar surface area (TPSA) is 78.9 Å². The summed E-state index contributed by atoms with van der Waals surface area (Å²) in [7, 11) is 0. The van der Waals surface area contributed by atoms with Crippen molar-refractivity contribution >= 4 is 17.9 Å². The van der Waals surface area contributed by atoms with E-state index in [4.69, 9.17) is 4.74 Å². The second-order valence-corrected chi connectivity index (χ2v) is 6.21. The molecule has 0 aliphatic carbocycles. The molecule has 0 bridgehead atoms. The van der Waals surface area contributed by atoms with Crippen molar-refractivity contribution in [3.8, 4) is 0 Å². The SMILES string of the molecule is CC(CC(C)(C)C)C(=O)OCC(=O)OCC(=O)OCC(F)(F)F. The van der Waals surface area contributed by atoms with Crippen LogP contribution in [-0.4, -0.2) is 43.9 Å². The summed E-state index contributed by atoms with van der Waals surface area (Å²) >= 11 is 0. The summed E-state index contributed by atoms with van der Waals surface area (Å²) in [6, 6.07) is 0. The van der Waals surface area contributed by atoms with E-state index in [-0.39, 0.29) is 5.41 Å². The van der Waals surface area contributed by atoms with E-state index in [0.717, 1.165) is 0 Å². The summed E-state index contributed by atoms with van der Waals surface area (Å²) < 4.78 is 48.2. The van der Waals surface area contributed by atoms with E-state index in [0.29, 0.717) is 6.42 Å². The summed E-state index contributed by atoms with van der Waals surface area (Å²) in [6.07, 6.45) is -4.11. The van der Waals surface area contributed by atoms with Crippen molar-refractivity contribution < 1.29 is 41.8 Å². The Labute approximate surface area is 132 Å². The molecule has 0 amide bonds. The van der Waals surface area contributed by atoms with Crippen LogP contribution in [0.4, 0.5) is 13.2 Å². The number of ether oxygens (including phenoxy) is 3. The second kappa shape index (κ2) is 8.73. The zero-order chi connectivity index (χ0) is 18.3. The quantitative estimate of drug-likeness (QED) is 0.522. The Kier molecular flexibility index (Phi) is 8.05. The first-order valence-electron chi connectivity index (χ1n) is 6.85. The van der Waals surface area contributed by atoms with Crippen molar-refractivity contribution in [1.82, 2.24) is 0 Å². The highest BCUT2D eigenvalue weighted by atomic mass is 19.4. The van der Waals surface area contributed by atoms with Gasteiger partial charge < -0.3 is 14.2 Å². The monoisotopic (exact) mass is 342 g/mol. The average molecular weight is 342 g/mol. The van der Waals surface area contributed by atoms with E-state index in [1.54, 1.807) is 6.92 Å². The Morgan fingerprint density at radius 2 is 1.39 bits per heavy atom. The first-order valence-corrected chi connectivity index (χ1v) is 6.85. The van der Waals surface area contributed by atoms with Crippen molar-refractivity contribution in [2.24, 2.45) is 11.3 Å². The van der Waals surface area contributed by atoms with Crippen LogP contribution in [0, 0.1) is 11.3 Å². The summed E-state index contributed by atoms with van der Waals surface area (Å²) in [4.78, 5) is 33.8. The molecule has 0 aromatic carbocycles. The van der Waals surface area contributed by atoms with Crippen molar-refractivity contribution in [1.29, 1.82) is 0 Å². The van der Waals surface area contributed by atoms with Crippen LogP contribution in [-0.2, 0) is 28.6 Å². The molecule has 6 nitrogen and oxygen atoms in total. The molecule has 0 rings (SSSR count). The van der Waals surface area contributed by atoms with E-state index in [1.807, 2.05) is 20.8 Å². The van der Waals surface area contributed by atoms with Crippen molar-refractivity contribution in [3.63, 3.8) is 0 Å². The molecule has 9 heteroatoms. The fraction of sp³-hybridized carbons (Fsp3) is 0.786. The van der Waals surface area contributed by atoms with E-state index in [9.17, 15) is 27.6 Å². The molecule has 1 atom stereocenters. The number of alkyl halides is 3. The summed E-state index contributed by atoms with van der Waals surface area (Å²) in [5.41, 5.74) is -0.0960. The maximum Gasteiger partial charge on any atom is 0.422 e. The van der Waals surface area contributed by atoms with E-state index in [2.05, 4.69) is 9.47 Å². The van der Waals surface area contributed by atoms with Crippen molar-refractivity contribution in [2.75, 3.05) is 19.8 Å². The number of rotatable bonds is 7. The first-order chi connectivity index (χ1) is 10.3. The fourth-order valence-electron chi connectivity index (χ4n) is 1.66. The van der Waals surface area contributed by atoms with Crippen LogP contribution >= 0.6 is 0 Å². The molecular weight excluding hydrogens is 321 g/mol. The van der Waals surface area contributed by atoms with Crippen LogP contribution < -0.4 is 0 Å². The lowest BCUT2D eigenvalue weighted by Gasteiger charge is -2.21. The maximum atomic E-state index is 11.8. The van der Waals surface area contributed by atoms with Crippen LogP contribution in [0.25, 0.3) is 0 Å². The minimum Gasteiger partial charge on any atom is -0.454 e. The third-order valence-corrected chi connectivity index (χ3v) is 2.40. The molecule has 0 radical (unpaired) electrons. The van der Waals surface area contributed by atoms with Gasteiger partial charge in [-0.3, -0.25) is 4.79 Å². The van der Waals surface area contributed by atoms with Gasteiger partial charge in [-0.05, 0) is 11.8 Å². The maximum absolute atomic E-state index is 11.8. The number of esters is 3. The molecular formula is C14H21F3O6. The van der Waals surface area contributed by atoms with Gasteiger partial charge in [0.05, 0.1) is 5.92 Å². The average Bonchev–Trinajstić information content (AvgIpc) is 2.37. The van der Waals surface area contributed by atoms with Gasteiger partial charge in [0.2, 0.25) is 0 Å². The third-order valence-electron chi connectivity index (χ3n) is 2.40. The summed E-state index contributed by atoms with van der Waals surface area (Å²) in [5, 5.41) is 0. The molecule has 0 spiro atoms. The lowest BCUT2D eigenvalue weighted by molar-refractivity contribution is -0.190. The highest BCUT2D eigenvalue weighted by molar-refractivity contribution is 5.79. The van der Waals surface area contributed by atoms with Gasteiger partial charge in [0.15, 0.2) is 19.8 Å². The fourth-order valence-corrected chi connectivity index (χ4v) is 1.66. The predicted octanol–water partition coefficient (Wildman–Crippen LogP) is 2.25. The van der Waals surface area contributed by atoms with Crippen LogP contribution in [0.5, 0.6) is 0 Å². The Morgan fingerprint density at radius 3 is 1.87 bits per heavy atom. The third kappa shape index (κ3) is 12.4. The smallest absolute Gasteiger partial charge is 0.422 e. The Balaban J connectivity index is 3.99. The summed E-state index contributed by atoms with van der Waals surface area (Å²) in [5.74, 6) is -3.43. The van der Waals surface area contributed by atoms with Gasteiger partial charge >= 0.3 is 24.1 Å². The Hall–Kier alpha value is -1.80. The van der Waals surface area contributed by atoms with Crippen LogP contribution in [0.2, 0.25) is 0 Å². The van der Waals surface area contributed by atoms with Crippen LogP contribution in [0.15, 0.2) is 0 Å². The van der Waals surface area contributed by atoms with Gasteiger partial charge in [0, 0.05) is 0 Å². The number of carbonyl (C=O) groups is 3. The minimum absolute atomic E-state index is 0.0960. The van der Waals surface area contributed by atoms with Crippen LogP contribution in [0.3, 0.4) is 0 Å². The van der Waals surface area contributed by atoms with Crippen molar-refractivity contribution in [2.45, 2.75) is 40.3 Å². The standard InChI is InChI=1S/C14H21F3O6/c1-9(5-13(2,3)4)12(20)22-7-10(18)21-6-11(19)23-8-14(15,16)17/h9H,5-8H2,1-4H3. The molecule has 0 aromatic rings. The lowest BCUT2D eigenvalue weighted by Crippen LogP contribution is -2.26. The highest BCUT2D eigenvalue weighted by Gasteiger charge is 2.29. The normalized spacial score (nSPS) is 13.2. The first kappa shape index (κ1) is 21.2. The van der Waals surface area contributed by atoms with Gasteiger partial charge in [-0.15, -0.1) is 0 Å². The molecule has 1 unspecified atom stereocenters. The molecule has 23 heavy (non-hydrogen) atoms. The van der Waals surface area contributed by atoms with Crippen molar-refractivity contribution in [3.05, 3.63) is 0 Å². The zero-order valence-electron chi connectivity index (χ0n) is 13.5. The Morgan fingerprint density at radius 1 is 0.913 bits per heavy atom. The molecule has 0 N–H and O–H groups in total. The Bertz CT molecular complexity index is 425. The molecule has 0 aromatic heterocycles. The van der Waals surface area contributed by atoms with Gasteiger partial charge in [0.25, 0.3) is 0 Å².